The van der Waals surface area contributed by atoms with E-state index in [4.69, 9.17) is 5.73 Å². The fraction of sp³-hybridized carbons (Fsp3) is 0.308. The number of allylic oxidation sites excluding steroid dienone is 1. The summed E-state index contributed by atoms with van der Waals surface area (Å²) in [6.07, 6.45) is 1.00. The van der Waals surface area contributed by atoms with E-state index in [1.54, 1.807) is 31.3 Å². The Morgan fingerprint density at radius 1 is 1.41 bits per heavy atom. The predicted octanol–water partition coefficient (Wildman–Crippen LogP) is 2.55. The van der Waals surface area contributed by atoms with Gasteiger partial charge in [0.05, 0.1) is 11.8 Å². The van der Waals surface area contributed by atoms with Crippen molar-refractivity contribution in [2.45, 2.75) is 26.9 Å². The number of carbonyl (C=O) groups is 1. The van der Waals surface area contributed by atoms with Crippen molar-refractivity contribution in [3.05, 3.63) is 41.6 Å². The summed E-state index contributed by atoms with van der Waals surface area (Å²) in [6, 6.07) is 6.57. The van der Waals surface area contributed by atoms with Crippen molar-refractivity contribution in [1.82, 2.24) is 0 Å². The molecule has 0 saturated heterocycles. The summed E-state index contributed by atoms with van der Waals surface area (Å²) in [5.41, 5.74) is 7.57. The zero-order valence-electron chi connectivity index (χ0n) is 10.3. The van der Waals surface area contributed by atoms with Gasteiger partial charge in [-0.3, -0.25) is 4.90 Å². The number of amides is 2. The molecule has 1 atom stereocenters. The average molecular weight is 234 g/mol. The number of nitrogens with two attached hydrogens (primary N) is 1. The second-order valence-corrected chi connectivity index (χ2v) is 4.15. The lowest BCUT2D eigenvalue weighted by molar-refractivity contribution is 0.199. The molecule has 0 aromatic heterocycles. The third-order valence-corrected chi connectivity index (χ3v) is 2.27. The van der Waals surface area contributed by atoms with Gasteiger partial charge in [-0.15, -0.1) is 0 Å². The van der Waals surface area contributed by atoms with Gasteiger partial charge in [-0.05, 0) is 26.8 Å². The number of urea groups is 1. The van der Waals surface area contributed by atoms with Gasteiger partial charge in [-0.25, -0.2) is 4.79 Å². The van der Waals surface area contributed by atoms with Crippen molar-refractivity contribution in [3.8, 4) is 0 Å². The average Bonchev–Trinajstić information content (AvgIpc) is 2.25. The lowest BCUT2D eigenvalue weighted by Crippen LogP contribution is -2.32. The molecule has 0 fully saturated rings. The molecule has 0 spiro atoms. The van der Waals surface area contributed by atoms with E-state index in [0.717, 1.165) is 5.57 Å². The number of primary amides is 1. The number of hydrogen-bond donors (Lipinski definition) is 2. The van der Waals surface area contributed by atoms with E-state index >= 15 is 0 Å². The first-order valence-corrected chi connectivity index (χ1v) is 5.44. The van der Waals surface area contributed by atoms with E-state index in [-0.39, 0.29) is 0 Å². The minimum absolute atomic E-state index is 0.570. The maximum atomic E-state index is 11.4. The molecule has 1 aromatic rings. The van der Waals surface area contributed by atoms with Gasteiger partial charge in [0.1, 0.15) is 0 Å². The Morgan fingerprint density at radius 2 is 2.00 bits per heavy atom. The van der Waals surface area contributed by atoms with Gasteiger partial charge in [0.25, 0.3) is 0 Å². The van der Waals surface area contributed by atoms with Crippen LogP contribution in [0.2, 0.25) is 0 Å². The molecule has 4 nitrogen and oxygen atoms in total. The molecule has 0 aliphatic rings. The molecule has 0 aliphatic heterocycles. The minimum Gasteiger partial charge on any atom is -0.389 e. The number of para-hydroxylation sites is 1. The van der Waals surface area contributed by atoms with Crippen molar-refractivity contribution < 1.29 is 9.90 Å². The zero-order valence-corrected chi connectivity index (χ0v) is 10.3. The van der Waals surface area contributed by atoms with Crippen molar-refractivity contribution in [1.29, 1.82) is 0 Å². The summed E-state index contributed by atoms with van der Waals surface area (Å²) >= 11 is 0. The van der Waals surface area contributed by atoms with Gasteiger partial charge in [-0.2, -0.15) is 0 Å². The van der Waals surface area contributed by atoms with Crippen molar-refractivity contribution in [2.75, 3.05) is 4.90 Å². The first-order valence-electron chi connectivity index (χ1n) is 5.44. The van der Waals surface area contributed by atoms with Gasteiger partial charge in [0.2, 0.25) is 0 Å². The molecule has 92 valence electrons. The van der Waals surface area contributed by atoms with Gasteiger partial charge >= 0.3 is 6.03 Å². The van der Waals surface area contributed by atoms with E-state index in [0.29, 0.717) is 11.3 Å². The molecule has 0 aliphatic carbocycles. The normalized spacial score (nSPS) is 11.8. The van der Waals surface area contributed by atoms with Crippen LogP contribution >= 0.6 is 0 Å². The van der Waals surface area contributed by atoms with Crippen LogP contribution in [-0.2, 0) is 0 Å². The molecular weight excluding hydrogens is 216 g/mol. The Morgan fingerprint density at radius 3 is 2.47 bits per heavy atom. The Kier molecular flexibility index (Phi) is 4.29. The van der Waals surface area contributed by atoms with Crippen molar-refractivity contribution >= 4 is 11.7 Å². The minimum atomic E-state index is -0.654. The van der Waals surface area contributed by atoms with E-state index in [1.807, 2.05) is 19.9 Å². The summed E-state index contributed by atoms with van der Waals surface area (Å²) < 4.78 is 0. The van der Waals surface area contributed by atoms with Gasteiger partial charge in [-0.1, -0.05) is 23.8 Å². The van der Waals surface area contributed by atoms with E-state index < -0.39 is 12.1 Å². The SMILES string of the molecule is CC(C)=CN(C(N)=O)c1ccccc1C(C)O. The summed E-state index contributed by atoms with van der Waals surface area (Å²) in [7, 11) is 0. The second-order valence-electron chi connectivity index (χ2n) is 4.15. The Hall–Kier alpha value is -1.81. The Labute approximate surface area is 101 Å². The first kappa shape index (κ1) is 13.3. The molecule has 4 heteroatoms. The van der Waals surface area contributed by atoms with Gasteiger partial charge in [0, 0.05) is 11.8 Å². The standard InChI is InChI=1S/C13H18N2O2/c1-9(2)8-15(13(14)17)12-7-5-4-6-11(12)10(3)16/h4-8,10,16H,1-3H3,(H2,14,17). The number of benzene rings is 1. The third kappa shape index (κ3) is 3.32. The van der Waals surface area contributed by atoms with Crippen LogP contribution in [-0.4, -0.2) is 11.1 Å². The van der Waals surface area contributed by atoms with Crippen molar-refractivity contribution in [3.63, 3.8) is 0 Å². The predicted molar refractivity (Wildman–Crippen MR) is 68.6 cm³/mol. The Bertz CT molecular complexity index is 435. The zero-order chi connectivity index (χ0) is 13.0. The smallest absolute Gasteiger partial charge is 0.323 e. The number of carbonyl (C=O) groups excluding carboxylic acids is 1. The van der Waals surface area contributed by atoms with Crippen molar-refractivity contribution in [2.24, 2.45) is 5.73 Å². The van der Waals surface area contributed by atoms with E-state index in [9.17, 15) is 9.90 Å². The first-order chi connectivity index (χ1) is 7.93. The quantitative estimate of drug-likeness (QED) is 0.844. The maximum Gasteiger partial charge on any atom is 0.323 e. The topological polar surface area (TPSA) is 66.6 Å². The van der Waals surface area contributed by atoms with Crippen LogP contribution in [0.1, 0.15) is 32.4 Å². The van der Waals surface area contributed by atoms with E-state index in [1.165, 1.54) is 4.90 Å². The molecule has 1 aromatic carbocycles. The molecule has 2 amide bonds. The number of hydrogen-bond acceptors (Lipinski definition) is 2. The Balaban J connectivity index is 3.28. The number of aliphatic hydroxyl groups excluding tert-OH is 1. The molecule has 0 saturated carbocycles. The monoisotopic (exact) mass is 234 g/mol. The third-order valence-electron chi connectivity index (χ3n) is 2.27. The summed E-state index contributed by atoms with van der Waals surface area (Å²) in [5.74, 6) is 0. The lowest BCUT2D eigenvalue weighted by atomic mass is 10.1. The van der Waals surface area contributed by atoms with Crippen LogP contribution in [0.4, 0.5) is 10.5 Å². The summed E-state index contributed by atoms with van der Waals surface area (Å²) in [5, 5.41) is 9.67. The van der Waals surface area contributed by atoms with Crippen LogP contribution < -0.4 is 10.6 Å². The maximum absolute atomic E-state index is 11.4. The van der Waals surface area contributed by atoms with Gasteiger partial charge in [0.15, 0.2) is 0 Å². The number of rotatable bonds is 3. The molecule has 0 radical (unpaired) electrons. The molecule has 3 N–H and O–H groups in total. The highest BCUT2D eigenvalue weighted by Crippen LogP contribution is 2.26. The fourth-order valence-electron chi connectivity index (χ4n) is 1.57. The molecule has 17 heavy (non-hydrogen) atoms. The number of anilines is 1. The number of nitrogens with zero attached hydrogens (tertiary/aromatic N) is 1. The van der Waals surface area contributed by atoms with Crippen LogP contribution in [0.15, 0.2) is 36.0 Å². The molecule has 1 rings (SSSR count). The molecule has 1 unspecified atom stereocenters. The molecule has 0 heterocycles. The second kappa shape index (κ2) is 5.50. The summed E-state index contributed by atoms with van der Waals surface area (Å²) in [4.78, 5) is 12.8. The lowest BCUT2D eigenvalue weighted by Gasteiger charge is -2.21. The van der Waals surface area contributed by atoms with E-state index in [2.05, 4.69) is 0 Å². The highest BCUT2D eigenvalue weighted by Gasteiger charge is 2.15. The highest BCUT2D eigenvalue weighted by atomic mass is 16.3. The fourth-order valence-corrected chi connectivity index (χ4v) is 1.57. The van der Waals surface area contributed by atoms with Crippen LogP contribution in [0, 0.1) is 0 Å². The molecule has 0 bridgehead atoms. The van der Waals surface area contributed by atoms with Crippen LogP contribution in [0.5, 0.6) is 0 Å². The molecular formula is C13H18N2O2. The van der Waals surface area contributed by atoms with Crippen LogP contribution in [0.3, 0.4) is 0 Å². The highest BCUT2D eigenvalue weighted by molar-refractivity contribution is 5.93. The largest absolute Gasteiger partial charge is 0.389 e. The van der Waals surface area contributed by atoms with Crippen LogP contribution in [0.25, 0.3) is 0 Å². The number of aliphatic hydroxyl groups is 1. The van der Waals surface area contributed by atoms with Gasteiger partial charge < -0.3 is 10.8 Å². The summed E-state index contributed by atoms with van der Waals surface area (Å²) in [6.45, 7) is 5.41.